The first kappa shape index (κ1) is 12.3. The lowest BCUT2D eigenvalue weighted by atomic mass is 10.4. The van der Waals surface area contributed by atoms with Gasteiger partial charge in [-0.15, -0.1) is 0 Å². The third kappa shape index (κ3) is 10.3. The Morgan fingerprint density at radius 3 is 2.42 bits per heavy atom. The molecule has 0 heterocycles. The van der Waals surface area contributed by atoms with Crippen molar-refractivity contribution in [2.45, 2.75) is 19.8 Å². The molecule has 6 heteroatoms. The molecule has 0 rings (SSSR count). The van der Waals surface area contributed by atoms with E-state index in [0.717, 1.165) is 0 Å². The highest BCUT2D eigenvalue weighted by atomic mass is 35.7. The van der Waals surface area contributed by atoms with Crippen LogP contribution in [0.15, 0.2) is 0 Å². The predicted octanol–water partition coefficient (Wildman–Crippen LogP) is 1.61. The zero-order chi connectivity index (χ0) is 9.61. The second-order valence-corrected chi connectivity index (χ2v) is 6.46. The van der Waals surface area contributed by atoms with E-state index in [1.807, 2.05) is 0 Å². The van der Waals surface area contributed by atoms with Crippen LogP contribution < -0.4 is 0 Å². The molecule has 0 fully saturated rings. The van der Waals surface area contributed by atoms with Crippen LogP contribution in [0.25, 0.3) is 0 Å². The van der Waals surface area contributed by atoms with Gasteiger partial charge in [0, 0.05) is 23.4 Å². The van der Waals surface area contributed by atoms with Gasteiger partial charge in [-0.2, -0.15) is 0 Å². The average Bonchev–Trinajstić information content (AvgIpc) is 1.83. The molecule has 0 spiro atoms. The Labute approximate surface area is 81.3 Å². The van der Waals surface area contributed by atoms with Crippen LogP contribution in [-0.4, -0.2) is 25.0 Å². The van der Waals surface area contributed by atoms with Gasteiger partial charge in [-0.1, -0.05) is 11.8 Å². The van der Waals surface area contributed by atoms with Crippen molar-refractivity contribution in [1.29, 1.82) is 0 Å². The summed E-state index contributed by atoms with van der Waals surface area (Å²) in [7, 11) is 1.63. The number of carbonyl (C=O) groups excluding carboxylic acids is 1. The number of halogens is 1. The summed E-state index contributed by atoms with van der Waals surface area (Å²) in [5.41, 5.74) is 0. The quantitative estimate of drug-likeness (QED) is 0.532. The molecular weight excluding hydrogens is 220 g/mol. The van der Waals surface area contributed by atoms with Gasteiger partial charge in [-0.3, -0.25) is 4.79 Å². The smallest absolute Gasteiger partial charge is 0.232 e. The van der Waals surface area contributed by atoms with Crippen molar-refractivity contribution in [2.24, 2.45) is 0 Å². The van der Waals surface area contributed by atoms with E-state index in [1.54, 1.807) is 0 Å². The summed E-state index contributed by atoms with van der Waals surface area (Å²) in [6.07, 6.45) is 1.22. The second kappa shape index (κ2) is 5.83. The third-order valence-corrected chi connectivity index (χ3v) is 3.23. The standard InChI is InChI=1S/C6H11ClO3S2/c1-6(8)11-4-2-3-5-12(7,9)10/h2-5H2,1H3. The van der Waals surface area contributed by atoms with Crippen molar-refractivity contribution < 1.29 is 13.2 Å². The summed E-state index contributed by atoms with van der Waals surface area (Å²) in [4.78, 5) is 10.4. The van der Waals surface area contributed by atoms with Crippen molar-refractivity contribution >= 4 is 36.6 Å². The lowest BCUT2D eigenvalue weighted by molar-refractivity contribution is -0.109. The van der Waals surface area contributed by atoms with Gasteiger partial charge >= 0.3 is 0 Å². The summed E-state index contributed by atoms with van der Waals surface area (Å²) in [5, 5.41) is 0.0590. The van der Waals surface area contributed by atoms with E-state index in [4.69, 9.17) is 10.7 Å². The summed E-state index contributed by atoms with van der Waals surface area (Å²) in [6.45, 7) is 1.49. The number of rotatable bonds is 5. The molecule has 0 aromatic carbocycles. The molecule has 0 radical (unpaired) electrons. The number of thioether (sulfide) groups is 1. The molecule has 0 saturated heterocycles. The van der Waals surface area contributed by atoms with Crippen molar-refractivity contribution in [3.05, 3.63) is 0 Å². The predicted molar refractivity (Wildman–Crippen MR) is 52.0 cm³/mol. The molecule has 0 aliphatic heterocycles. The van der Waals surface area contributed by atoms with E-state index >= 15 is 0 Å². The summed E-state index contributed by atoms with van der Waals surface area (Å²) in [5.74, 6) is 0.661. The Morgan fingerprint density at radius 1 is 1.42 bits per heavy atom. The zero-order valence-corrected chi connectivity index (χ0v) is 9.14. The highest BCUT2D eigenvalue weighted by Crippen LogP contribution is 2.07. The Morgan fingerprint density at radius 2 is 2.00 bits per heavy atom. The van der Waals surface area contributed by atoms with E-state index in [9.17, 15) is 13.2 Å². The highest BCUT2D eigenvalue weighted by Gasteiger charge is 2.03. The van der Waals surface area contributed by atoms with Crippen LogP contribution in [0.1, 0.15) is 19.8 Å². The maximum Gasteiger partial charge on any atom is 0.232 e. The van der Waals surface area contributed by atoms with Gasteiger partial charge in [-0.05, 0) is 12.8 Å². The lowest BCUT2D eigenvalue weighted by Gasteiger charge is -1.96. The minimum absolute atomic E-state index is 0.00692. The van der Waals surface area contributed by atoms with Gasteiger partial charge in [-0.25, -0.2) is 8.42 Å². The van der Waals surface area contributed by atoms with Crippen molar-refractivity contribution in [1.82, 2.24) is 0 Å². The minimum atomic E-state index is -3.35. The molecule has 0 amide bonds. The van der Waals surface area contributed by atoms with E-state index in [2.05, 4.69) is 0 Å². The molecule has 0 bridgehead atoms. The first-order chi connectivity index (χ1) is 5.42. The van der Waals surface area contributed by atoms with Crippen LogP contribution in [0.3, 0.4) is 0 Å². The van der Waals surface area contributed by atoms with Crippen molar-refractivity contribution in [3.63, 3.8) is 0 Å². The van der Waals surface area contributed by atoms with Crippen LogP contribution in [0.4, 0.5) is 0 Å². The molecule has 0 saturated carbocycles. The summed E-state index contributed by atoms with van der Waals surface area (Å²) >= 11 is 1.21. The van der Waals surface area contributed by atoms with Gasteiger partial charge in [0.15, 0.2) is 5.12 Å². The van der Waals surface area contributed by atoms with Crippen LogP contribution in [0.5, 0.6) is 0 Å². The largest absolute Gasteiger partial charge is 0.288 e. The maximum atomic E-state index is 10.4. The van der Waals surface area contributed by atoms with E-state index in [0.29, 0.717) is 18.6 Å². The Balaban J connectivity index is 3.29. The number of hydrogen-bond acceptors (Lipinski definition) is 4. The van der Waals surface area contributed by atoms with Gasteiger partial charge in [0.25, 0.3) is 0 Å². The fourth-order valence-electron chi connectivity index (χ4n) is 0.592. The maximum absolute atomic E-state index is 10.4. The molecule has 3 nitrogen and oxygen atoms in total. The molecule has 0 unspecified atom stereocenters. The number of carbonyl (C=O) groups is 1. The third-order valence-electron chi connectivity index (χ3n) is 1.09. The normalized spacial score (nSPS) is 11.5. The average molecular weight is 231 g/mol. The van der Waals surface area contributed by atoms with Gasteiger partial charge in [0.05, 0.1) is 5.75 Å². The number of hydrogen-bond donors (Lipinski definition) is 0. The monoisotopic (exact) mass is 230 g/mol. The molecule has 72 valence electrons. The molecule has 0 aliphatic rings. The lowest BCUT2D eigenvalue weighted by Crippen LogP contribution is -1.97. The SMILES string of the molecule is CC(=O)SCCCCS(=O)(=O)Cl. The molecule has 0 aromatic heterocycles. The fourth-order valence-corrected chi connectivity index (χ4v) is 2.10. The zero-order valence-electron chi connectivity index (χ0n) is 6.75. The van der Waals surface area contributed by atoms with Crippen LogP contribution in [0, 0.1) is 0 Å². The van der Waals surface area contributed by atoms with Crippen LogP contribution in [0.2, 0.25) is 0 Å². The minimum Gasteiger partial charge on any atom is -0.288 e. The highest BCUT2D eigenvalue weighted by molar-refractivity contribution is 8.14. The van der Waals surface area contributed by atoms with Gasteiger partial charge in [0.2, 0.25) is 9.05 Å². The van der Waals surface area contributed by atoms with E-state index in [1.165, 1.54) is 18.7 Å². The number of unbranched alkanes of at least 4 members (excludes halogenated alkanes) is 1. The summed E-state index contributed by atoms with van der Waals surface area (Å²) < 4.78 is 20.8. The van der Waals surface area contributed by atoms with E-state index in [-0.39, 0.29) is 10.9 Å². The van der Waals surface area contributed by atoms with Crippen LogP contribution in [-0.2, 0) is 13.8 Å². The second-order valence-electron chi connectivity index (χ2n) is 2.29. The Bertz CT molecular complexity index is 235. The summed E-state index contributed by atoms with van der Waals surface area (Å²) in [6, 6.07) is 0. The van der Waals surface area contributed by atoms with E-state index < -0.39 is 9.05 Å². The first-order valence-electron chi connectivity index (χ1n) is 3.47. The molecule has 0 aromatic rings. The fraction of sp³-hybridized carbons (Fsp3) is 0.833. The molecule has 12 heavy (non-hydrogen) atoms. The Kier molecular flexibility index (Phi) is 5.96. The first-order valence-corrected chi connectivity index (χ1v) is 6.94. The van der Waals surface area contributed by atoms with Crippen molar-refractivity contribution in [3.8, 4) is 0 Å². The molecule has 0 atom stereocenters. The van der Waals surface area contributed by atoms with Gasteiger partial charge in [0.1, 0.15) is 0 Å². The molecule has 0 N–H and O–H groups in total. The molecular formula is C6H11ClO3S2. The topological polar surface area (TPSA) is 51.2 Å². The van der Waals surface area contributed by atoms with Crippen LogP contribution >= 0.6 is 22.4 Å². The Hall–Kier alpha value is 0.260. The molecule has 0 aliphatic carbocycles. The van der Waals surface area contributed by atoms with Crippen molar-refractivity contribution in [2.75, 3.05) is 11.5 Å². The van der Waals surface area contributed by atoms with Gasteiger partial charge < -0.3 is 0 Å².